The molecule has 1 aromatic heterocycles. The fourth-order valence-electron chi connectivity index (χ4n) is 0.483. The van der Waals surface area contributed by atoms with Crippen LogP contribution in [0.5, 0.6) is 0 Å². The highest BCUT2D eigenvalue weighted by Crippen LogP contribution is 2.04. The van der Waals surface area contributed by atoms with Gasteiger partial charge in [0.25, 0.3) is 5.24 Å². The molecule has 0 aliphatic carbocycles. The SMILES string of the molecule is [B]c1sccc1C(=O)Cl. The van der Waals surface area contributed by atoms with E-state index >= 15 is 0 Å². The lowest BCUT2D eigenvalue weighted by molar-refractivity contribution is 0.108. The molecule has 0 spiro atoms. The van der Waals surface area contributed by atoms with Crippen LogP contribution < -0.4 is 4.78 Å². The second-order valence-corrected chi connectivity index (χ2v) is 2.76. The van der Waals surface area contributed by atoms with E-state index in [1.807, 2.05) is 0 Å². The molecule has 0 aliphatic heterocycles. The number of hydrogen-bond acceptors (Lipinski definition) is 2. The summed E-state index contributed by atoms with van der Waals surface area (Å²) in [5.41, 5.74) is 0.404. The molecule has 0 aliphatic rings. The smallest absolute Gasteiger partial charge is 0.252 e. The zero-order valence-electron chi connectivity index (χ0n) is 4.43. The Hall–Kier alpha value is -0.275. The van der Waals surface area contributed by atoms with E-state index in [4.69, 9.17) is 19.4 Å². The van der Waals surface area contributed by atoms with Crippen molar-refractivity contribution in [3.05, 3.63) is 17.0 Å². The van der Waals surface area contributed by atoms with E-state index in [-0.39, 0.29) is 0 Å². The maximum Gasteiger partial charge on any atom is 0.252 e. The Labute approximate surface area is 63.1 Å². The molecular formula is C5H2BClOS. The summed E-state index contributed by atoms with van der Waals surface area (Å²) in [6.45, 7) is 0. The molecular weight excluding hydrogens is 154 g/mol. The molecule has 4 heteroatoms. The number of carbonyl (C=O) groups excluding carboxylic acids is 1. The van der Waals surface area contributed by atoms with Gasteiger partial charge in [0.2, 0.25) is 0 Å². The molecule has 1 heterocycles. The standard InChI is InChI=1S/C5H2BClOS/c6-4-3(5(7)8)1-2-9-4/h1-2H. The van der Waals surface area contributed by atoms with Crippen molar-refractivity contribution in [2.75, 3.05) is 0 Å². The second kappa shape index (κ2) is 2.54. The maximum atomic E-state index is 10.4. The van der Waals surface area contributed by atoms with Crippen molar-refractivity contribution in [3.63, 3.8) is 0 Å². The Morgan fingerprint density at radius 1 is 1.78 bits per heavy atom. The Bertz CT molecular complexity index is 233. The first-order chi connectivity index (χ1) is 4.22. The summed E-state index contributed by atoms with van der Waals surface area (Å²) in [5.74, 6) is 0. The van der Waals surface area contributed by atoms with Gasteiger partial charge in [-0.3, -0.25) is 4.79 Å². The normalized spacial score (nSPS) is 9.44. The average Bonchev–Trinajstić information content (AvgIpc) is 2.13. The van der Waals surface area contributed by atoms with Crippen molar-refractivity contribution < 1.29 is 4.79 Å². The van der Waals surface area contributed by atoms with Gasteiger partial charge in [0, 0.05) is 5.56 Å². The third kappa shape index (κ3) is 1.34. The van der Waals surface area contributed by atoms with Crippen molar-refractivity contribution in [3.8, 4) is 0 Å². The van der Waals surface area contributed by atoms with Gasteiger partial charge in [-0.15, -0.1) is 0 Å². The Morgan fingerprint density at radius 3 is 2.67 bits per heavy atom. The molecule has 2 radical (unpaired) electrons. The molecule has 0 saturated heterocycles. The molecule has 0 fully saturated rings. The topological polar surface area (TPSA) is 17.1 Å². The minimum atomic E-state index is -0.492. The minimum Gasteiger partial charge on any atom is -0.276 e. The molecule has 0 aromatic carbocycles. The van der Waals surface area contributed by atoms with E-state index in [9.17, 15) is 4.79 Å². The van der Waals surface area contributed by atoms with Gasteiger partial charge < -0.3 is 0 Å². The highest BCUT2D eigenvalue weighted by Gasteiger charge is 2.04. The van der Waals surface area contributed by atoms with Gasteiger partial charge in [-0.1, -0.05) is 0 Å². The predicted molar refractivity (Wildman–Crippen MR) is 39.9 cm³/mol. The lowest BCUT2D eigenvalue weighted by atomic mass is 10.0. The third-order valence-corrected chi connectivity index (χ3v) is 1.86. The van der Waals surface area contributed by atoms with E-state index in [2.05, 4.69) is 0 Å². The number of rotatable bonds is 1. The van der Waals surface area contributed by atoms with Crippen molar-refractivity contribution in [1.29, 1.82) is 0 Å². The highest BCUT2D eigenvalue weighted by atomic mass is 35.5. The minimum absolute atomic E-state index is 0.404. The van der Waals surface area contributed by atoms with E-state index in [0.29, 0.717) is 10.3 Å². The van der Waals surface area contributed by atoms with Crippen LogP contribution in [0.25, 0.3) is 0 Å². The van der Waals surface area contributed by atoms with Gasteiger partial charge in [0.05, 0.1) is 0 Å². The van der Waals surface area contributed by atoms with Gasteiger partial charge >= 0.3 is 0 Å². The van der Waals surface area contributed by atoms with Crippen molar-refractivity contribution in [1.82, 2.24) is 0 Å². The van der Waals surface area contributed by atoms with Crippen LogP contribution in [0.4, 0.5) is 0 Å². The first-order valence-electron chi connectivity index (χ1n) is 2.24. The number of halogens is 1. The van der Waals surface area contributed by atoms with E-state index in [0.717, 1.165) is 0 Å². The summed E-state index contributed by atoms with van der Waals surface area (Å²) in [5, 5.41) is 1.24. The summed E-state index contributed by atoms with van der Waals surface area (Å²) in [6, 6.07) is 1.61. The van der Waals surface area contributed by atoms with E-state index < -0.39 is 5.24 Å². The van der Waals surface area contributed by atoms with Gasteiger partial charge in [-0.2, -0.15) is 11.3 Å². The molecule has 1 aromatic rings. The first kappa shape index (κ1) is 6.84. The number of carbonyl (C=O) groups is 1. The fraction of sp³-hybridized carbons (Fsp3) is 0. The lowest BCUT2D eigenvalue weighted by Crippen LogP contribution is -2.04. The Balaban J connectivity index is 3.08. The van der Waals surface area contributed by atoms with Crippen molar-refractivity contribution in [2.24, 2.45) is 0 Å². The molecule has 1 nitrogen and oxygen atoms in total. The summed E-state index contributed by atoms with van der Waals surface area (Å²) in [6.07, 6.45) is 0. The zero-order valence-corrected chi connectivity index (χ0v) is 6.00. The molecule has 9 heavy (non-hydrogen) atoms. The van der Waals surface area contributed by atoms with Crippen LogP contribution in [-0.4, -0.2) is 13.1 Å². The van der Waals surface area contributed by atoms with Crippen molar-refractivity contribution in [2.45, 2.75) is 0 Å². The molecule has 0 unspecified atom stereocenters. The first-order valence-corrected chi connectivity index (χ1v) is 3.50. The summed E-state index contributed by atoms with van der Waals surface area (Å²) < 4.78 is 0.481. The summed E-state index contributed by atoms with van der Waals surface area (Å²) in [4.78, 5) is 10.4. The molecule has 0 saturated carbocycles. The largest absolute Gasteiger partial charge is 0.276 e. The van der Waals surface area contributed by atoms with Gasteiger partial charge in [0.1, 0.15) is 7.85 Å². The summed E-state index contributed by atoms with van der Waals surface area (Å²) in [7, 11) is 5.35. The Morgan fingerprint density at radius 2 is 2.44 bits per heavy atom. The predicted octanol–water partition coefficient (Wildman–Crippen LogP) is 0.921. The molecule has 0 amide bonds. The van der Waals surface area contributed by atoms with E-state index in [1.165, 1.54) is 11.3 Å². The van der Waals surface area contributed by atoms with Crippen LogP contribution in [0, 0.1) is 0 Å². The van der Waals surface area contributed by atoms with Gasteiger partial charge in [-0.05, 0) is 27.8 Å². The average molecular weight is 156 g/mol. The van der Waals surface area contributed by atoms with Crippen molar-refractivity contribution >= 4 is 40.8 Å². The molecule has 0 atom stereocenters. The van der Waals surface area contributed by atoms with Gasteiger partial charge in [-0.25, -0.2) is 0 Å². The third-order valence-electron chi connectivity index (χ3n) is 0.907. The van der Waals surface area contributed by atoms with Crippen LogP contribution in [0.1, 0.15) is 10.4 Å². The summed E-state index contributed by atoms with van der Waals surface area (Å²) >= 11 is 6.44. The lowest BCUT2D eigenvalue weighted by Gasteiger charge is -1.85. The van der Waals surface area contributed by atoms with E-state index in [1.54, 1.807) is 11.4 Å². The van der Waals surface area contributed by atoms with Crippen LogP contribution >= 0.6 is 22.9 Å². The van der Waals surface area contributed by atoms with Crippen LogP contribution in [0.15, 0.2) is 11.4 Å². The molecule has 1 rings (SSSR count). The zero-order chi connectivity index (χ0) is 6.85. The number of thiophene rings is 1. The quantitative estimate of drug-likeness (QED) is 0.436. The van der Waals surface area contributed by atoms with Crippen LogP contribution in [-0.2, 0) is 0 Å². The second-order valence-electron chi connectivity index (χ2n) is 1.47. The van der Waals surface area contributed by atoms with Crippen LogP contribution in [0.3, 0.4) is 0 Å². The molecule has 0 bridgehead atoms. The maximum absolute atomic E-state index is 10.4. The number of hydrogen-bond donors (Lipinski definition) is 0. The highest BCUT2D eigenvalue weighted by molar-refractivity contribution is 7.19. The van der Waals surface area contributed by atoms with Gasteiger partial charge in [0.15, 0.2) is 0 Å². The molecule has 44 valence electrons. The Kier molecular flexibility index (Phi) is 1.93. The monoisotopic (exact) mass is 156 g/mol. The molecule has 0 N–H and O–H groups in total. The fourth-order valence-corrected chi connectivity index (χ4v) is 1.34. The van der Waals surface area contributed by atoms with Crippen LogP contribution in [0.2, 0.25) is 0 Å².